The van der Waals surface area contributed by atoms with Crippen molar-refractivity contribution in [3.63, 3.8) is 0 Å². The predicted molar refractivity (Wildman–Crippen MR) is 73.9 cm³/mol. The van der Waals surface area contributed by atoms with Crippen LogP contribution >= 0.6 is 11.3 Å². The lowest BCUT2D eigenvalue weighted by Gasteiger charge is -2.15. The van der Waals surface area contributed by atoms with Gasteiger partial charge in [-0.2, -0.15) is 0 Å². The number of anilines is 1. The topological polar surface area (TPSA) is 72.2 Å². The van der Waals surface area contributed by atoms with E-state index in [-0.39, 0.29) is 6.04 Å². The van der Waals surface area contributed by atoms with Crippen LogP contribution in [0.15, 0.2) is 46.0 Å². The highest BCUT2D eigenvalue weighted by Crippen LogP contribution is 2.23. The van der Waals surface area contributed by atoms with Gasteiger partial charge in [0.25, 0.3) is 10.0 Å². The summed E-state index contributed by atoms with van der Waals surface area (Å²) in [7, 11) is -3.47. The smallest absolute Gasteiger partial charge is 0.250 e. The van der Waals surface area contributed by atoms with Crippen molar-refractivity contribution in [3.05, 3.63) is 47.3 Å². The van der Waals surface area contributed by atoms with Gasteiger partial charge in [0.1, 0.15) is 4.21 Å². The Labute approximate surface area is 111 Å². The molecule has 2 rings (SSSR count). The van der Waals surface area contributed by atoms with E-state index >= 15 is 0 Å². The Bertz CT molecular complexity index is 621. The maximum atomic E-state index is 12.0. The van der Waals surface area contributed by atoms with E-state index in [1.54, 1.807) is 30.5 Å². The summed E-state index contributed by atoms with van der Waals surface area (Å²) in [6.45, 7) is 1.77. The number of hydrogen-bond donors (Lipinski definition) is 2. The highest BCUT2D eigenvalue weighted by Gasteiger charge is 2.20. The Morgan fingerprint density at radius 3 is 2.56 bits per heavy atom. The van der Waals surface area contributed by atoms with Crippen molar-refractivity contribution in [3.8, 4) is 0 Å². The van der Waals surface area contributed by atoms with E-state index in [0.717, 1.165) is 5.56 Å². The van der Waals surface area contributed by atoms with Crippen molar-refractivity contribution < 1.29 is 8.42 Å². The standard InChI is InChI=1S/C12H14N2O2S2/c1-9(10-5-2-3-6-11(10)13)14-18(15,16)12-7-4-8-17-12/h2-9,14H,13H2,1H3. The van der Waals surface area contributed by atoms with Crippen LogP contribution in [-0.2, 0) is 10.0 Å². The minimum absolute atomic E-state index is 0.309. The van der Waals surface area contributed by atoms with Crippen LogP contribution in [0.4, 0.5) is 5.69 Å². The van der Waals surface area contributed by atoms with Crippen molar-refractivity contribution >= 4 is 27.0 Å². The van der Waals surface area contributed by atoms with Crippen molar-refractivity contribution in [1.82, 2.24) is 4.72 Å². The molecule has 4 nitrogen and oxygen atoms in total. The molecule has 0 radical (unpaired) electrons. The molecule has 0 amide bonds. The molecule has 1 aromatic heterocycles. The fourth-order valence-corrected chi connectivity index (χ4v) is 3.91. The van der Waals surface area contributed by atoms with Gasteiger partial charge in [-0.1, -0.05) is 24.3 Å². The van der Waals surface area contributed by atoms with Gasteiger partial charge in [-0.3, -0.25) is 0 Å². The maximum Gasteiger partial charge on any atom is 0.250 e. The zero-order valence-electron chi connectivity index (χ0n) is 9.83. The van der Waals surface area contributed by atoms with Crippen LogP contribution in [0, 0.1) is 0 Å². The normalized spacial score (nSPS) is 13.4. The van der Waals surface area contributed by atoms with Gasteiger partial charge in [-0.15, -0.1) is 11.3 Å². The van der Waals surface area contributed by atoms with Crippen LogP contribution in [0.3, 0.4) is 0 Å². The number of rotatable bonds is 4. The lowest BCUT2D eigenvalue weighted by molar-refractivity contribution is 0.569. The largest absolute Gasteiger partial charge is 0.398 e. The third-order valence-electron chi connectivity index (χ3n) is 2.55. The third kappa shape index (κ3) is 2.72. The third-order valence-corrected chi connectivity index (χ3v) is 5.49. The minimum Gasteiger partial charge on any atom is -0.398 e. The first kappa shape index (κ1) is 13.1. The number of hydrogen-bond acceptors (Lipinski definition) is 4. The second kappa shape index (κ2) is 5.09. The van der Waals surface area contributed by atoms with Gasteiger partial charge in [0.15, 0.2) is 0 Å². The van der Waals surface area contributed by atoms with Gasteiger partial charge < -0.3 is 5.73 Å². The van der Waals surface area contributed by atoms with Gasteiger partial charge >= 0.3 is 0 Å². The fourth-order valence-electron chi connectivity index (χ4n) is 1.68. The van der Waals surface area contributed by atoms with E-state index in [1.165, 1.54) is 11.3 Å². The van der Waals surface area contributed by atoms with Crippen LogP contribution < -0.4 is 10.5 Å². The molecule has 0 spiro atoms. The van der Waals surface area contributed by atoms with Crippen molar-refractivity contribution in [1.29, 1.82) is 0 Å². The lowest BCUT2D eigenvalue weighted by atomic mass is 10.1. The lowest BCUT2D eigenvalue weighted by Crippen LogP contribution is -2.26. The average molecular weight is 282 g/mol. The Balaban J connectivity index is 2.23. The summed E-state index contributed by atoms with van der Waals surface area (Å²) in [5, 5.41) is 1.73. The molecule has 6 heteroatoms. The molecule has 0 saturated heterocycles. The number of sulfonamides is 1. The minimum atomic E-state index is -3.47. The predicted octanol–water partition coefficient (Wildman–Crippen LogP) is 2.37. The number of benzene rings is 1. The van der Waals surface area contributed by atoms with Gasteiger partial charge in [-0.05, 0) is 30.0 Å². The molecule has 1 atom stereocenters. The Hall–Kier alpha value is -1.37. The van der Waals surface area contributed by atoms with E-state index in [4.69, 9.17) is 5.73 Å². The number of nitrogen functional groups attached to an aromatic ring is 1. The summed E-state index contributed by atoms with van der Waals surface area (Å²) in [4.78, 5) is 0. The van der Waals surface area contributed by atoms with Crippen LogP contribution in [0.25, 0.3) is 0 Å². The molecular weight excluding hydrogens is 268 g/mol. The van der Waals surface area contributed by atoms with Gasteiger partial charge in [0, 0.05) is 11.7 Å². The summed E-state index contributed by atoms with van der Waals surface area (Å²) in [6.07, 6.45) is 0. The molecule has 1 heterocycles. The zero-order valence-corrected chi connectivity index (χ0v) is 11.5. The van der Waals surface area contributed by atoms with Gasteiger partial charge in [0.2, 0.25) is 0 Å². The molecule has 96 valence electrons. The van der Waals surface area contributed by atoms with E-state index in [9.17, 15) is 8.42 Å². The van der Waals surface area contributed by atoms with Crippen LogP contribution in [0.5, 0.6) is 0 Å². The first-order chi connectivity index (χ1) is 8.50. The molecule has 1 aromatic carbocycles. The molecule has 0 fully saturated rings. The fraction of sp³-hybridized carbons (Fsp3) is 0.167. The van der Waals surface area contributed by atoms with Crippen LogP contribution in [-0.4, -0.2) is 8.42 Å². The zero-order chi connectivity index (χ0) is 13.2. The summed E-state index contributed by atoms with van der Waals surface area (Å²) in [5.41, 5.74) is 7.18. The monoisotopic (exact) mass is 282 g/mol. The SMILES string of the molecule is CC(NS(=O)(=O)c1cccs1)c1ccccc1N. The Kier molecular flexibility index (Phi) is 3.70. The molecule has 18 heavy (non-hydrogen) atoms. The van der Waals surface area contributed by atoms with Crippen LogP contribution in [0.2, 0.25) is 0 Å². The molecule has 0 saturated carbocycles. The molecule has 0 aliphatic carbocycles. The summed E-state index contributed by atoms with van der Waals surface area (Å²) in [5.74, 6) is 0. The highest BCUT2D eigenvalue weighted by molar-refractivity contribution is 7.91. The van der Waals surface area contributed by atoms with E-state index in [2.05, 4.69) is 4.72 Å². The molecule has 0 aliphatic heterocycles. The summed E-state index contributed by atoms with van der Waals surface area (Å²) >= 11 is 1.19. The number of nitrogens with two attached hydrogens (primary N) is 1. The summed E-state index contributed by atoms with van der Waals surface area (Å²) < 4.78 is 27.0. The second-order valence-corrected chi connectivity index (χ2v) is 6.79. The maximum absolute atomic E-state index is 12.0. The van der Waals surface area contributed by atoms with Crippen molar-refractivity contribution in [2.75, 3.05) is 5.73 Å². The average Bonchev–Trinajstić information content (AvgIpc) is 2.82. The van der Waals surface area contributed by atoms with Gasteiger partial charge in [-0.25, -0.2) is 13.1 Å². The summed E-state index contributed by atoms with van der Waals surface area (Å²) in [6, 6.07) is 10.1. The molecule has 0 bridgehead atoms. The quantitative estimate of drug-likeness (QED) is 0.846. The van der Waals surface area contributed by atoms with Gasteiger partial charge in [0.05, 0.1) is 0 Å². The molecule has 0 aliphatic rings. The number of para-hydroxylation sites is 1. The molecule has 1 unspecified atom stereocenters. The first-order valence-electron chi connectivity index (χ1n) is 5.41. The molecular formula is C12H14N2O2S2. The molecule has 3 N–H and O–H groups in total. The first-order valence-corrected chi connectivity index (χ1v) is 7.77. The van der Waals surface area contributed by atoms with E-state index < -0.39 is 10.0 Å². The Morgan fingerprint density at radius 2 is 1.94 bits per heavy atom. The van der Waals surface area contributed by atoms with Crippen molar-refractivity contribution in [2.45, 2.75) is 17.2 Å². The number of thiophene rings is 1. The highest BCUT2D eigenvalue weighted by atomic mass is 32.2. The Morgan fingerprint density at radius 1 is 1.22 bits per heavy atom. The number of nitrogens with one attached hydrogen (secondary N) is 1. The van der Waals surface area contributed by atoms with Crippen molar-refractivity contribution in [2.24, 2.45) is 0 Å². The second-order valence-electron chi connectivity index (χ2n) is 3.90. The van der Waals surface area contributed by atoms with Crippen LogP contribution in [0.1, 0.15) is 18.5 Å². The van der Waals surface area contributed by atoms with E-state index in [1.807, 2.05) is 18.2 Å². The molecule has 2 aromatic rings. The van der Waals surface area contributed by atoms with E-state index in [0.29, 0.717) is 9.90 Å².